The zero-order valence-corrected chi connectivity index (χ0v) is 16.4. The minimum absolute atomic E-state index is 0.365. The number of esters is 1. The molecule has 0 unspecified atom stereocenters. The van der Waals surface area contributed by atoms with E-state index in [0.29, 0.717) is 11.3 Å². The van der Waals surface area contributed by atoms with Crippen LogP contribution in [0.3, 0.4) is 0 Å². The molecule has 0 saturated carbocycles. The van der Waals surface area contributed by atoms with Crippen molar-refractivity contribution in [2.45, 2.75) is 33.1 Å². The van der Waals surface area contributed by atoms with Crippen LogP contribution in [-0.2, 0) is 12.8 Å². The minimum Gasteiger partial charge on any atom is -0.423 e. The molecule has 3 rings (SSSR count). The first kappa shape index (κ1) is 19.5. The van der Waals surface area contributed by atoms with E-state index in [2.05, 4.69) is 37.8 Å². The van der Waals surface area contributed by atoms with Gasteiger partial charge in [-0.1, -0.05) is 56.4 Å². The van der Waals surface area contributed by atoms with Gasteiger partial charge in [0.1, 0.15) is 5.75 Å². The first-order chi connectivity index (χ1) is 13.7. The highest BCUT2D eigenvalue weighted by Gasteiger charge is 2.08. The molecule has 0 radical (unpaired) electrons. The van der Waals surface area contributed by atoms with Gasteiger partial charge in [0.05, 0.1) is 5.56 Å². The van der Waals surface area contributed by atoms with Crippen LogP contribution < -0.4 is 4.74 Å². The lowest BCUT2D eigenvalue weighted by Crippen LogP contribution is -2.08. The van der Waals surface area contributed by atoms with E-state index in [-0.39, 0.29) is 5.97 Å². The Hall–Kier alpha value is -3.31. The van der Waals surface area contributed by atoms with E-state index in [9.17, 15) is 4.79 Å². The zero-order valence-electron chi connectivity index (χ0n) is 16.4. The van der Waals surface area contributed by atoms with Gasteiger partial charge in [0.2, 0.25) is 0 Å². The van der Waals surface area contributed by atoms with Crippen molar-refractivity contribution in [1.29, 1.82) is 0 Å². The van der Waals surface area contributed by atoms with Gasteiger partial charge in [0.25, 0.3) is 0 Å². The van der Waals surface area contributed by atoms with Crippen molar-refractivity contribution in [1.82, 2.24) is 0 Å². The number of carbonyl (C=O) groups is 1. The molecule has 28 heavy (non-hydrogen) atoms. The van der Waals surface area contributed by atoms with Gasteiger partial charge < -0.3 is 4.74 Å². The Bertz CT molecular complexity index is 970. The maximum absolute atomic E-state index is 12.3. The van der Waals surface area contributed by atoms with Gasteiger partial charge in [-0.25, -0.2) is 4.79 Å². The molecule has 0 saturated heterocycles. The van der Waals surface area contributed by atoms with E-state index in [0.717, 1.165) is 30.4 Å². The van der Waals surface area contributed by atoms with Crippen LogP contribution in [0.2, 0.25) is 0 Å². The molecular weight excluding hydrogens is 344 g/mol. The van der Waals surface area contributed by atoms with Crippen LogP contribution in [0.25, 0.3) is 0 Å². The Morgan fingerprint density at radius 1 is 0.750 bits per heavy atom. The number of hydrogen-bond acceptors (Lipinski definition) is 2. The second-order valence-corrected chi connectivity index (χ2v) is 6.66. The molecule has 0 N–H and O–H groups in total. The zero-order chi connectivity index (χ0) is 19.8. The summed E-state index contributed by atoms with van der Waals surface area (Å²) in [5.74, 6) is 6.49. The van der Waals surface area contributed by atoms with Crippen molar-refractivity contribution < 1.29 is 9.53 Å². The molecular formula is C26H24O2. The van der Waals surface area contributed by atoms with Crippen LogP contribution >= 0.6 is 0 Å². The summed E-state index contributed by atoms with van der Waals surface area (Å²) in [6.45, 7) is 4.27. The van der Waals surface area contributed by atoms with Gasteiger partial charge in [0.15, 0.2) is 0 Å². The van der Waals surface area contributed by atoms with Crippen molar-refractivity contribution in [2.75, 3.05) is 0 Å². The normalized spacial score (nSPS) is 10.1. The average molecular weight is 368 g/mol. The first-order valence-electron chi connectivity index (χ1n) is 9.70. The fourth-order valence-corrected chi connectivity index (χ4v) is 2.84. The van der Waals surface area contributed by atoms with Crippen LogP contribution in [0.5, 0.6) is 5.75 Å². The Morgan fingerprint density at radius 3 is 1.82 bits per heavy atom. The monoisotopic (exact) mass is 368 g/mol. The van der Waals surface area contributed by atoms with Crippen molar-refractivity contribution in [3.8, 4) is 17.6 Å². The highest BCUT2D eigenvalue weighted by Crippen LogP contribution is 2.15. The number of aryl methyl sites for hydroxylation is 2. The third kappa shape index (κ3) is 5.34. The SMILES string of the molecule is CCCc1ccc(C#Cc2ccc(C(=O)Oc3ccc(CC)cc3)cc2)cc1. The molecule has 0 aliphatic rings. The number of carbonyl (C=O) groups excluding carboxylic acids is 1. The van der Waals surface area contributed by atoms with Gasteiger partial charge in [-0.3, -0.25) is 0 Å². The summed E-state index contributed by atoms with van der Waals surface area (Å²) in [7, 11) is 0. The van der Waals surface area contributed by atoms with E-state index in [1.807, 2.05) is 48.5 Å². The fourth-order valence-electron chi connectivity index (χ4n) is 2.84. The van der Waals surface area contributed by atoms with Crippen molar-refractivity contribution in [3.63, 3.8) is 0 Å². The van der Waals surface area contributed by atoms with Gasteiger partial charge in [0, 0.05) is 11.1 Å². The molecule has 0 aliphatic heterocycles. The largest absolute Gasteiger partial charge is 0.423 e. The predicted octanol–water partition coefficient (Wildman–Crippen LogP) is 5.82. The molecule has 3 aromatic rings. The standard InChI is InChI=1S/C26H24O2/c1-3-5-21-6-8-22(9-7-21)10-11-23-12-16-24(17-13-23)26(27)28-25-18-14-20(4-2)15-19-25/h6-9,12-19H,3-5H2,1-2H3. The number of rotatable bonds is 5. The van der Waals surface area contributed by atoms with E-state index in [1.54, 1.807) is 12.1 Å². The molecule has 0 bridgehead atoms. The third-order valence-corrected chi connectivity index (χ3v) is 4.51. The van der Waals surface area contributed by atoms with Crippen molar-refractivity contribution >= 4 is 5.97 Å². The lowest BCUT2D eigenvalue weighted by atomic mass is 10.1. The summed E-state index contributed by atoms with van der Waals surface area (Å²) in [6, 6.07) is 23.1. The van der Waals surface area contributed by atoms with Crippen LogP contribution in [0, 0.1) is 11.8 Å². The summed E-state index contributed by atoms with van der Waals surface area (Å²) >= 11 is 0. The van der Waals surface area contributed by atoms with E-state index in [1.165, 1.54) is 11.1 Å². The average Bonchev–Trinajstić information content (AvgIpc) is 2.74. The number of hydrogen-bond donors (Lipinski definition) is 0. The second kappa shape index (κ2) is 9.58. The Morgan fingerprint density at radius 2 is 1.29 bits per heavy atom. The lowest BCUT2D eigenvalue weighted by molar-refractivity contribution is 0.0734. The first-order valence-corrected chi connectivity index (χ1v) is 9.70. The van der Waals surface area contributed by atoms with Crippen LogP contribution in [-0.4, -0.2) is 5.97 Å². The van der Waals surface area contributed by atoms with Crippen LogP contribution in [0.15, 0.2) is 72.8 Å². The molecule has 0 spiro atoms. The lowest BCUT2D eigenvalue weighted by Gasteiger charge is -2.05. The molecule has 2 heteroatoms. The topological polar surface area (TPSA) is 26.3 Å². The smallest absolute Gasteiger partial charge is 0.343 e. The fraction of sp³-hybridized carbons (Fsp3) is 0.192. The Labute approximate surface area is 167 Å². The summed E-state index contributed by atoms with van der Waals surface area (Å²) in [5.41, 5.74) is 4.90. The van der Waals surface area contributed by atoms with Crippen LogP contribution in [0.4, 0.5) is 0 Å². The maximum Gasteiger partial charge on any atom is 0.343 e. The number of ether oxygens (including phenoxy) is 1. The van der Waals surface area contributed by atoms with Crippen molar-refractivity contribution in [3.05, 3.63) is 101 Å². The van der Waals surface area contributed by atoms with Gasteiger partial charge in [-0.05, 0) is 72.5 Å². The van der Waals surface area contributed by atoms with E-state index >= 15 is 0 Å². The molecule has 0 heterocycles. The minimum atomic E-state index is -0.365. The Balaban J connectivity index is 1.63. The van der Waals surface area contributed by atoms with E-state index in [4.69, 9.17) is 4.74 Å². The molecule has 140 valence electrons. The molecule has 2 nitrogen and oxygen atoms in total. The highest BCUT2D eigenvalue weighted by atomic mass is 16.5. The van der Waals surface area contributed by atoms with E-state index < -0.39 is 0 Å². The summed E-state index contributed by atoms with van der Waals surface area (Å²) < 4.78 is 5.43. The molecule has 0 fully saturated rings. The summed E-state index contributed by atoms with van der Waals surface area (Å²) in [5, 5.41) is 0. The maximum atomic E-state index is 12.3. The molecule has 0 aromatic heterocycles. The van der Waals surface area contributed by atoms with Gasteiger partial charge >= 0.3 is 5.97 Å². The Kier molecular flexibility index (Phi) is 6.65. The predicted molar refractivity (Wildman–Crippen MR) is 114 cm³/mol. The molecule has 0 amide bonds. The molecule has 3 aromatic carbocycles. The van der Waals surface area contributed by atoms with Gasteiger partial charge in [-0.15, -0.1) is 0 Å². The van der Waals surface area contributed by atoms with Gasteiger partial charge in [-0.2, -0.15) is 0 Å². The third-order valence-electron chi connectivity index (χ3n) is 4.51. The van der Waals surface area contributed by atoms with Crippen LogP contribution in [0.1, 0.15) is 52.9 Å². The second-order valence-electron chi connectivity index (χ2n) is 6.66. The number of benzene rings is 3. The molecule has 0 atom stereocenters. The highest BCUT2D eigenvalue weighted by molar-refractivity contribution is 5.91. The van der Waals surface area contributed by atoms with Crippen molar-refractivity contribution in [2.24, 2.45) is 0 Å². The quantitative estimate of drug-likeness (QED) is 0.322. The molecule has 0 aliphatic carbocycles. The summed E-state index contributed by atoms with van der Waals surface area (Å²) in [4.78, 5) is 12.3. The summed E-state index contributed by atoms with van der Waals surface area (Å²) in [6.07, 6.45) is 3.19.